The third kappa shape index (κ3) is 5.59. The third-order valence-electron chi connectivity index (χ3n) is 7.45. The smallest absolute Gasteiger partial charge is 0.418 e. The van der Waals surface area contributed by atoms with Gasteiger partial charge in [-0.3, -0.25) is 4.79 Å². The molecule has 39 heavy (non-hydrogen) atoms. The standard InChI is InChI=1S/C29H27ClF3N3O3/c30-20-13-10-18(11-14-20)26-34-23-8-4-5-9-24(23)36(26)25(17-6-2-1-3-7-17)27(37)35-22-15-12-19(28(38)39)16-21(22)29(31,32)33/h4-5,8-10,12-13,15-17,25H,1-3,6-7,11,14H2,(H,35,37)(H,38,39). The van der Waals surface area contributed by atoms with Crippen molar-refractivity contribution in [2.45, 2.75) is 57.2 Å². The maximum Gasteiger partial charge on any atom is 0.418 e. The number of carbonyl (C=O) groups is 2. The molecule has 6 nitrogen and oxygen atoms in total. The molecule has 2 N–H and O–H groups in total. The molecular weight excluding hydrogens is 531 g/mol. The van der Waals surface area contributed by atoms with Crippen molar-refractivity contribution in [2.24, 2.45) is 5.92 Å². The monoisotopic (exact) mass is 557 g/mol. The van der Waals surface area contributed by atoms with E-state index in [0.29, 0.717) is 35.3 Å². The first-order chi connectivity index (χ1) is 18.6. The maximum absolute atomic E-state index is 14.0. The fraction of sp³-hybridized carbons (Fsp3) is 0.345. The number of amides is 1. The van der Waals surface area contributed by atoms with E-state index in [1.807, 2.05) is 34.9 Å². The molecule has 0 saturated heterocycles. The molecule has 0 aliphatic heterocycles. The van der Waals surface area contributed by atoms with Gasteiger partial charge >= 0.3 is 12.1 Å². The summed E-state index contributed by atoms with van der Waals surface area (Å²) in [5.41, 5.74) is 0.106. The second-order valence-electron chi connectivity index (χ2n) is 10.00. The molecule has 1 aromatic heterocycles. The van der Waals surface area contributed by atoms with Gasteiger partial charge in [0.05, 0.1) is 27.8 Å². The second-order valence-corrected chi connectivity index (χ2v) is 10.5. The first-order valence-corrected chi connectivity index (χ1v) is 13.3. The Kier molecular flexibility index (Phi) is 7.53. The van der Waals surface area contributed by atoms with Crippen LogP contribution in [-0.2, 0) is 11.0 Å². The number of aromatic nitrogens is 2. The molecule has 1 amide bonds. The molecule has 2 aromatic carbocycles. The zero-order valence-electron chi connectivity index (χ0n) is 21.0. The number of anilines is 1. The molecule has 1 unspecified atom stereocenters. The molecule has 204 valence electrons. The number of carboxylic acid groups (broad SMARTS) is 1. The first-order valence-electron chi connectivity index (χ1n) is 12.9. The molecule has 1 saturated carbocycles. The highest BCUT2D eigenvalue weighted by Crippen LogP contribution is 2.41. The number of carbonyl (C=O) groups excluding carboxylic acids is 1. The molecule has 1 atom stereocenters. The average molecular weight is 558 g/mol. The predicted molar refractivity (Wildman–Crippen MR) is 144 cm³/mol. The van der Waals surface area contributed by atoms with Crippen LogP contribution in [0.25, 0.3) is 16.6 Å². The molecule has 0 bridgehead atoms. The molecule has 10 heteroatoms. The fourth-order valence-corrected chi connectivity index (χ4v) is 5.73. The van der Waals surface area contributed by atoms with Crippen molar-refractivity contribution in [3.8, 4) is 0 Å². The summed E-state index contributed by atoms with van der Waals surface area (Å²) in [7, 11) is 0. The Morgan fingerprint density at radius 2 is 1.79 bits per heavy atom. The van der Waals surface area contributed by atoms with Gasteiger partial charge in [0, 0.05) is 5.03 Å². The van der Waals surface area contributed by atoms with Crippen LogP contribution in [0.15, 0.2) is 59.6 Å². The number of hydrogen-bond donors (Lipinski definition) is 2. The van der Waals surface area contributed by atoms with Crippen molar-refractivity contribution in [3.05, 3.63) is 76.6 Å². The number of hydrogen-bond acceptors (Lipinski definition) is 3. The number of imidazole rings is 1. The third-order valence-corrected chi connectivity index (χ3v) is 7.77. The number of nitrogens with one attached hydrogen (secondary N) is 1. The van der Waals surface area contributed by atoms with E-state index in [0.717, 1.165) is 55.3 Å². The summed E-state index contributed by atoms with van der Waals surface area (Å²) >= 11 is 6.19. The summed E-state index contributed by atoms with van der Waals surface area (Å²) in [5, 5.41) is 12.5. The zero-order valence-corrected chi connectivity index (χ0v) is 21.7. The van der Waals surface area contributed by atoms with E-state index in [1.54, 1.807) is 6.08 Å². The van der Waals surface area contributed by atoms with Crippen LogP contribution in [0.4, 0.5) is 18.9 Å². The Labute approximate surface area is 228 Å². The predicted octanol–water partition coefficient (Wildman–Crippen LogP) is 7.81. The number of rotatable bonds is 6. The van der Waals surface area contributed by atoms with Gasteiger partial charge in [-0.05, 0) is 73.6 Å². The van der Waals surface area contributed by atoms with Gasteiger partial charge in [-0.15, -0.1) is 0 Å². The molecule has 2 aliphatic rings. The van der Waals surface area contributed by atoms with Crippen LogP contribution in [0.3, 0.4) is 0 Å². The lowest BCUT2D eigenvalue weighted by Gasteiger charge is -2.32. The lowest BCUT2D eigenvalue weighted by molar-refractivity contribution is -0.137. The van der Waals surface area contributed by atoms with Crippen molar-refractivity contribution in [1.82, 2.24) is 9.55 Å². The second kappa shape index (κ2) is 10.9. The summed E-state index contributed by atoms with van der Waals surface area (Å²) in [4.78, 5) is 30.2. The Morgan fingerprint density at radius 3 is 2.46 bits per heavy atom. The molecule has 1 heterocycles. The normalized spacial score (nSPS) is 17.4. The minimum atomic E-state index is -4.86. The first kappa shape index (κ1) is 27.0. The van der Waals surface area contributed by atoms with Gasteiger partial charge in [-0.1, -0.05) is 49.1 Å². The van der Waals surface area contributed by atoms with E-state index < -0.39 is 40.9 Å². The van der Waals surface area contributed by atoms with Crippen LogP contribution in [0.5, 0.6) is 0 Å². The summed E-state index contributed by atoms with van der Waals surface area (Å²) in [6, 6.07) is 9.20. The van der Waals surface area contributed by atoms with Crippen molar-refractivity contribution in [2.75, 3.05) is 5.32 Å². The van der Waals surface area contributed by atoms with Gasteiger partial charge in [-0.25, -0.2) is 9.78 Å². The highest BCUT2D eigenvalue weighted by atomic mass is 35.5. The highest BCUT2D eigenvalue weighted by molar-refractivity contribution is 6.29. The van der Waals surface area contributed by atoms with E-state index in [4.69, 9.17) is 16.6 Å². The lowest BCUT2D eigenvalue weighted by atomic mass is 9.83. The topological polar surface area (TPSA) is 84.2 Å². The number of halogens is 4. The SMILES string of the molecule is O=C(O)c1ccc(NC(=O)C(C2CCCCC2)n2c(C3=CC=C(Cl)CC3)nc3ccccc32)c(C(F)(F)F)c1. The molecule has 2 aliphatic carbocycles. The van der Waals surface area contributed by atoms with Gasteiger partial charge in [0.1, 0.15) is 11.9 Å². The lowest BCUT2D eigenvalue weighted by Crippen LogP contribution is -2.34. The van der Waals surface area contributed by atoms with Crippen LogP contribution < -0.4 is 5.32 Å². The number of aromatic carboxylic acids is 1. The number of nitrogens with zero attached hydrogens (tertiary/aromatic N) is 2. The molecular formula is C29H27ClF3N3O3. The van der Waals surface area contributed by atoms with E-state index in [1.165, 1.54) is 0 Å². The van der Waals surface area contributed by atoms with E-state index in [-0.39, 0.29) is 5.92 Å². The average Bonchev–Trinajstić information content (AvgIpc) is 3.28. The van der Waals surface area contributed by atoms with Crippen LogP contribution in [0.1, 0.15) is 72.7 Å². The zero-order chi connectivity index (χ0) is 27.7. The van der Waals surface area contributed by atoms with Crippen molar-refractivity contribution in [1.29, 1.82) is 0 Å². The summed E-state index contributed by atoms with van der Waals surface area (Å²) in [5.74, 6) is -1.60. The summed E-state index contributed by atoms with van der Waals surface area (Å²) in [6.45, 7) is 0. The van der Waals surface area contributed by atoms with Crippen molar-refractivity contribution in [3.63, 3.8) is 0 Å². The molecule has 0 radical (unpaired) electrons. The summed E-state index contributed by atoms with van der Waals surface area (Å²) < 4.78 is 43.7. The molecule has 5 rings (SSSR count). The van der Waals surface area contributed by atoms with Gasteiger partial charge < -0.3 is 15.0 Å². The van der Waals surface area contributed by atoms with Gasteiger partial charge in [0.25, 0.3) is 0 Å². The van der Waals surface area contributed by atoms with E-state index in [2.05, 4.69) is 5.32 Å². The minimum absolute atomic E-state index is 0.119. The van der Waals surface area contributed by atoms with Crippen molar-refractivity contribution < 1.29 is 27.9 Å². The Balaban J connectivity index is 1.63. The maximum atomic E-state index is 14.0. The fourth-order valence-electron chi connectivity index (χ4n) is 5.57. The number of carboxylic acids is 1. The largest absolute Gasteiger partial charge is 0.478 e. The minimum Gasteiger partial charge on any atom is -0.478 e. The Bertz CT molecular complexity index is 1490. The van der Waals surface area contributed by atoms with Crippen LogP contribution in [0.2, 0.25) is 0 Å². The molecule has 3 aromatic rings. The molecule has 1 fully saturated rings. The van der Waals surface area contributed by atoms with Crippen LogP contribution >= 0.6 is 11.6 Å². The van der Waals surface area contributed by atoms with Crippen molar-refractivity contribution >= 4 is 45.8 Å². The number of benzene rings is 2. The molecule has 0 spiro atoms. The van der Waals surface area contributed by atoms with Crippen LogP contribution in [0, 0.1) is 5.92 Å². The van der Waals surface area contributed by atoms with Gasteiger partial charge in [0.2, 0.25) is 5.91 Å². The number of alkyl halides is 3. The van der Waals surface area contributed by atoms with Gasteiger partial charge in [0.15, 0.2) is 0 Å². The number of allylic oxidation sites excluding steroid dienone is 4. The number of para-hydroxylation sites is 2. The number of fused-ring (bicyclic) bond motifs is 1. The van der Waals surface area contributed by atoms with E-state index in [9.17, 15) is 27.9 Å². The van der Waals surface area contributed by atoms with Crippen LogP contribution in [-0.4, -0.2) is 26.5 Å². The quantitative estimate of drug-likeness (QED) is 0.324. The van der Waals surface area contributed by atoms with Gasteiger partial charge in [-0.2, -0.15) is 13.2 Å². The summed E-state index contributed by atoms with van der Waals surface area (Å²) in [6.07, 6.45) is 4.43. The Hall–Kier alpha value is -3.59. The van der Waals surface area contributed by atoms with E-state index >= 15 is 0 Å². The highest BCUT2D eigenvalue weighted by Gasteiger charge is 2.38. The Morgan fingerprint density at radius 1 is 1.05 bits per heavy atom.